The average Bonchev–Trinajstić information content (AvgIpc) is 2.77. The third-order valence-electron chi connectivity index (χ3n) is 3.38. The van der Waals surface area contributed by atoms with Gasteiger partial charge < -0.3 is 4.74 Å². The van der Waals surface area contributed by atoms with Crippen molar-refractivity contribution in [3.63, 3.8) is 0 Å². The normalized spacial score (nSPS) is 14.9. The Balaban J connectivity index is 2.09. The fourth-order valence-electron chi connectivity index (χ4n) is 2.24. The minimum Gasteiger partial charge on any atom is -0.422 e. The van der Waals surface area contributed by atoms with Crippen LogP contribution < -0.4 is 0 Å². The molecule has 0 radical (unpaired) electrons. The number of benzene rings is 2. The summed E-state index contributed by atoms with van der Waals surface area (Å²) in [6.45, 7) is 1.96. The van der Waals surface area contributed by atoms with Gasteiger partial charge >= 0.3 is 5.97 Å². The smallest absolute Gasteiger partial charge is 0.344 e. The number of carbonyl (C=O) groups is 1. The van der Waals surface area contributed by atoms with Crippen molar-refractivity contribution in [2.75, 3.05) is 0 Å². The zero-order valence-electron chi connectivity index (χ0n) is 11.2. The SMILES string of the molecule is Cc1ccccc1C=C1OC(=O)c2cc([N+](=O)[O-])ccc21. The molecular weight excluding hydrogens is 270 g/mol. The molecule has 0 saturated heterocycles. The van der Waals surface area contributed by atoms with Gasteiger partial charge in [-0.1, -0.05) is 24.3 Å². The number of carbonyl (C=O) groups excluding carboxylic acids is 1. The predicted octanol–water partition coefficient (Wildman–Crippen LogP) is 3.57. The fourth-order valence-corrected chi connectivity index (χ4v) is 2.24. The zero-order chi connectivity index (χ0) is 15.0. The van der Waals surface area contributed by atoms with Gasteiger partial charge in [0, 0.05) is 17.7 Å². The van der Waals surface area contributed by atoms with Crippen LogP contribution in [0, 0.1) is 17.0 Å². The van der Waals surface area contributed by atoms with Crippen molar-refractivity contribution in [3.8, 4) is 0 Å². The van der Waals surface area contributed by atoms with E-state index in [4.69, 9.17) is 4.74 Å². The van der Waals surface area contributed by atoms with Crippen LogP contribution in [0.1, 0.15) is 27.0 Å². The molecule has 0 saturated carbocycles. The van der Waals surface area contributed by atoms with Gasteiger partial charge in [0.25, 0.3) is 5.69 Å². The maximum absolute atomic E-state index is 11.8. The van der Waals surface area contributed by atoms with Gasteiger partial charge in [-0.2, -0.15) is 0 Å². The first-order valence-corrected chi connectivity index (χ1v) is 6.34. The lowest BCUT2D eigenvalue weighted by Crippen LogP contribution is -1.95. The van der Waals surface area contributed by atoms with Crippen LogP contribution in [0.15, 0.2) is 42.5 Å². The number of nitro groups is 1. The number of ether oxygens (including phenoxy) is 1. The zero-order valence-corrected chi connectivity index (χ0v) is 11.2. The summed E-state index contributed by atoms with van der Waals surface area (Å²) < 4.78 is 5.23. The van der Waals surface area contributed by atoms with Crippen LogP contribution in [0.4, 0.5) is 5.69 Å². The third-order valence-corrected chi connectivity index (χ3v) is 3.38. The molecule has 0 fully saturated rings. The first-order valence-electron chi connectivity index (χ1n) is 6.34. The molecule has 0 atom stereocenters. The Morgan fingerprint density at radius 2 is 1.90 bits per heavy atom. The van der Waals surface area contributed by atoms with Gasteiger partial charge in [-0.05, 0) is 30.2 Å². The molecule has 104 valence electrons. The number of hydrogen-bond donors (Lipinski definition) is 0. The summed E-state index contributed by atoms with van der Waals surface area (Å²) in [4.78, 5) is 22.1. The van der Waals surface area contributed by atoms with Crippen LogP contribution in [0.2, 0.25) is 0 Å². The van der Waals surface area contributed by atoms with Crippen LogP contribution in [-0.2, 0) is 4.74 Å². The number of rotatable bonds is 2. The molecule has 3 rings (SSSR count). The van der Waals surface area contributed by atoms with Crippen LogP contribution >= 0.6 is 0 Å². The molecule has 1 aliphatic heterocycles. The summed E-state index contributed by atoms with van der Waals surface area (Å²) in [5.74, 6) is -0.146. The highest BCUT2D eigenvalue weighted by molar-refractivity contribution is 6.06. The standard InChI is InChI=1S/C16H11NO4/c1-10-4-2-3-5-11(10)8-15-13-7-6-12(17(19)20)9-14(13)16(18)21-15/h2-9H,1H3. The van der Waals surface area contributed by atoms with Gasteiger partial charge in [-0.25, -0.2) is 4.79 Å². The summed E-state index contributed by atoms with van der Waals surface area (Å²) in [5, 5.41) is 10.8. The molecule has 0 amide bonds. The molecule has 5 heteroatoms. The molecule has 2 aromatic rings. The lowest BCUT2D eigenvalue weighted by atomic mass is 10.0. The fraction of sp³-hybridized carbons (Fsp3) is 0.0625. The Hall–Kier alpha value is -2.95. The number of cyclic esters (lactones) is 1. The van der Waals surface area contributed by atoms with E-state index in [2.05, 4.69) is 0 Å². The monoisotopic (exact) mass is 281 g/mol. The van der Waals surface area contributed by atoms with Gasteiger partial charge in [-0.15, -0.1) is 0 Å². The van der Waals surface area contributed by atoms with Crippen LogP contribution in [0.5, 0.6) is 0 Å². The Morgan fingerprint density at radius 1 is 1.14 bits per heavy atom. The van der Waals surface area contributed by atoms with Crippen molar-refractivity contribution in [1.82, 2.24) is 0 Å². The highest BCUT2D eigenvalue weighted by Crippen LogP contribution is 2.33. The van der Waals surface area contributed by atoms with Gasteiger partial charge in [0.1, 0.15) is 5.76 Å². The van der Waals surface area contributed by atoms with E-state index in [1.54, 1.807) is 12.1 Å². The van der Waals surface area contributed by atoms with Crippen LogP contribution in [0.25, 0.3) is 11.8 Å². The Kier molecular flexibility index (Phi) is 3.02. The minimum absolute atomic E-state index is 0.122. The summed E-state index contributed by atoms with van der Waals surface area (Å²) in [7, 11) is 0. The van der Waals surface area contributed by atoms with E-state index < -0.39 is 10.9 Å². The average molecular weight is 281 g/mol. The molecule has 0 unspecified atom stereocenters. The van der Waals surface area contributed by atoms with Crippen molar-refractivity contribution in [2.45, 2.75) is 6.92 Å². The van der Waals surface area contributed by atoms with Crippen molar-refractivity contribution in [3.05, 3.63) is 74.8 Å². The molecule has 1 aliphatic rings. The molecule has 5 nitrogen and oxygen atoms in total. The van der Waals surface area contributed by atoms with Crippen molar-refractivity contribution >= 4 is 23.5 Å². The number of esters is 1. The van der Waals surface area contributed by atoms with Crippen LogP contribution in [-0.4, -0.2) is 10.9 Å². The van der Waals surface area contributed by atoms with E-state index in [1.807, 2.05) is 31.2 Å². The van der Waals surface area contributed by atoms with Gasteiger partial charge in [0.2, 0.25) is 0 Å². The minimum atomic E-state index is -0.562. The molecule has 1 heterocycles. The number of nitro benzene ring substituents is 1. The first kappa shape index (κ1) is 13.1. The molecule has 0 N–H and O–H groups in total. The van der Waals surface area contributed by atoms with Crippen molar-refractivity contribution in [1.29, 1.82) is 0 Å². The summed E-state index contributed by atoms with van der Waals surface area (Å²) in [5.41, 5.74) is 2.67. The first-order chi connectivity index (χ1) is 10.1. The second-order valence-corrected chi connectivity index (χ2v) is 4.74. The molecule has 0 aromatic heterocycles. The van der Waals surface area contributed by atoms with Gasteiger partial charge in [-0.3, -0.25) is 10.1 Å². The number of fused-ring (bicyclic) bond motifs is 1. The Bertz CT molecular complexity index is 793. The van der Waals surface area contributed by atoms with E-state index in [-0.39, 0.29) is 11.3 Å². The molecule has 0 spiro atoms. The third kappa shape index (κ3) is 2.29. The number of hydrogen-bond acceptors (Lipinski definition) is 4. The second-order valence-electron chi connectivity index (χ2n) is 4.74. The Morgan fingerprint density at radius 3 is 2.62 bits per heavy atom. The molecular formula is C16H11NO4. The quantitative estimate of drug-likeness (QED) is 0.479. The van der Waals surface area contributed by atoms with Crippen molar-refractivity contribution < 1.29 is 14.5 Å². The molecule has 2 aromatic carbocycles. The topological polar surface area (TPSA) is 69.4 Å². The lowest BCUT2D eigenvalue weighted by Gasteiger charge is -2.02. The van der Waals surface area contributed by atoms with E-state index in [0.717, 1.165) is 11.1 Å². The lowest BCUT2D eigenvalue weighted by molar-refractivity contribution is -0.384. The number of aryl methyl sites for hydroxylation is 1. The van der Waals surface area contributed by atoms with E-state index in [9.17, 15) is 14.9 Å². The highest BCUT2D eigenvalue weighted by Gasteiger charge is 2.28. The maximum Gasteiger partial charge on any atom is 0.344 e. The molecule has 21 heavy (non-hydrogen) atoms. The Labute approximate surface area is 120 Å². The van der Waals surface area contributed by atoms with E-state index >= 15 is 0 Å². The summed E-state index contributed by atoms with van der Waals surface area (Å²) in [6, 6.07) is 11.9. The van der Waals surface area contributed by atoms with Crippen molar-refractivity contribution in [2.24, 2.45) is 0 Å². The van der Waals surface area contributed by atoms with Gasteiger partial charge in [0.05, 0.1) is 10.5 Å². The molecule has 0 aliphatic carbocycles. The van der Waals surface area contributed by atoms with Crippen LogP contribution in [0.3, 0.4) is 0 Å². The largest absolute Gasteiger partial charge is 0.422 e. The number of nitrogens with zero attached hydrogens (tertiary/aromatic N) is 1. The maximum atomic E-state index is 11.8. The summed E-state index contributed by atoms with van der Waals surface area (Å²) in [6.07, 6.45) is 1.77. The van der Waals surface area contributed by atoms with Gasteiger partial charge in [0.15, 0.2) is 0 Å². The van der Waals surface area contributed by atoms with E-state index in [1.165, 1.54) is 12.1 Å². The number of non-ortho nitro benzene ring substituents is 1. The predicted molar refractivity (Wildman–Crippen MR) is 77.6 cm³/mol. The molecule has 0 bridgehead atoms. The van der Waals surface area contributed by atoms with E-state index in [0.29, 0.717) is 11.3 Å². The highest BCUT2D eigenvalue weighted by atomic mass is 16.6. The summed E-state index contributed by atoms with van der Waals surface area (Å²) >= 11 is 0. The second kappa shape index (κ2) is 4.86.